The van der Waals surface area contributed by atoms with Crippen molar-refractivity contribution in [3.63, 3.8) is 0 Å². The van der Waals surface area contributed by atoms with Gasteiger partial charge in [-0.25, -0.2) is 20.4 Å². The van der Waals surface area contributed by atoms with Crippen LogP contribution in [-0.4, -0.2) is 57.9 Å². The molecule has 0 amide bonds. The van der Waals surface area contributed by atoms with Gasteiger partial charge >= 0.3 is 11.9 Å². The van der Waals surface area contributed by atoms with Gasteiger partial charge in [0.05, 0.1) is 20.0 Å². The minimum Gasteiger partial charge on any atom is -0.461 e. The third-order valence-corrected chi connectivity index (χ3v) is 4.48. The Bertz CT molecular complexity index is 874. The number of esters is 2. The molecule has 0 bridgehead atoms. The van der Waals surface area contributed by atoms with Gasteiger partial charge < -0.3 is 14.2 Å². The summed E-state index contributed by atoms with van der Waals surface area (Å²) in [6.07, 6.45) is 1.24. The minimum atomic E-state index is -1.28. The molecule has 0 aliphatic carbocycles. The number of nitrogens with zero attached hydrogens (tertiary/aromatic N) is 4. The Kier molecular flexibility index (Phi) is 5.76. The van der Waals surface area contributed by atoms with E-state index in [9.17, 15) is 9.59 Å². The van der Waals surface area contributed by atoms with Gasteiger partial charge in [0.1, 0.15) is 6.61 Å². The molecule has 0 saturated carbocycles. The fourth-order valence-corrected chi connectivity index (χ4v) is 3.43. The number of rotatable bonds is 6. The molecule has 12 heteroatoms. The Balaban J connectivity index is 2.15. The summed E-state index contributed by atoms with van der Waals surface area (Å²) in [4.78, 5) is 41.0. The SMILES string of the molecule is CONc1nc(I)nc2c1ncn2C1(COC(C)=O)OCCC1OC(C)=O. The van der Waals surface area contributed by atoms with E-state index in [0.29, 0.717) is 33.8 Å². The van der Waals surface area contributed by atoms with Crippen molar-refractivity contribution in [1.82, 2.24) is 19.5 Å². The monoisotopic (exact) mass is 491 g/mol. The number of halogens is 1. The van der Waals surface area contributed by atoms with E-state index < -0.39 is 23.8 Å². The summed E-state index contributed by atoms with van der Waals surface area (Å²) < 4.78 is 18.7. The number of carbonyl (C=O) groups is 2. The van der Waals surface area contributed by atoms with Crippen LogP contribution in [0.2, 0.25) is 0 Å². The lowest BCUT2D eigenvalue weighted by Gasteiger charge is -2.34. The molecular weight excluding hydrogens is 473 g/mol. The minimum absolute atomic E-state index is 0.167. The Labute approximate surface area is 167 Å². The third kappa shape index (κ3) is 3.82. The largest absolute Gasteiger partial charge is 0.461 e. The summed E-state index contributed by atoms with van der Waals surface area (Å²) in [6, 6.07) is 0. The molecule has 1 fully saturated rings. The molecule has 1 aliphatic rings. The average molecular weight is 491 g/mol. The second-order valence-corrected chi connectivity index (χ2v) is 6.76. The molecule has 0 radical (unpaired) electrons. The average Bonchev–Trinajstić information content (AvgIpc) is 3.17. The Hall–Kier alpha value is -2.06. The summed E-state index contributed by atoms with van der Waals surface area (Å²) >= 11 is 1.96. The Morgan fingerprint density at radius 2 is 2.19 bits per heavy atom. The summed E-state index contributed by atoms with van der Waals surface area (Å²) in [5.41, 5.74) is 2.22. The zero-order valence-corrected chi connectivity index (χ0v) is 17.0. The molecule has 2 aromatic rings. The summed E-state index contributed by atoms with van der Waals surface area (Å²) in [5.74, 6) is -0.579. The lowest BCUT2D eigenvalue weighted by Crippen LogP contribution is -2.48. The molecular formula is C15H18IN5O6. The molecule has 2 unspecified atom stereocenters. The lowest BCUT2D eigenvalue weighted by atomic mass is 10.1. The van der Waals surface area contributed by atoms with Gasteiger partial charge in [0.15, 0.2) is 26.9 Å². The highest BCUT2D eigenvalue weighted by Crippen LogP contribution is 2.37. The van der Waals surface area contributed by atoms with Crippen molar-refractivity contribution in [2.24, 2.45) is 0 Å². The number of hydrogen-bond acceptors (Lipinski definition) is 10. The standard InChI is InChI=1S/C15H18IN5O6/c1-8(22)25-6-15(10(4-5-26-15)27-9(2)23)21-7-17-11-12(20-24-3)18-14(16)19-13(11)21/h7,10H,4-6H2,1-3H3,(H,18,19,20). The smallest absolute Gasteiger partial charge is 0.303 e. The van der Waals surface area contributed by atoms with Crippen molar-refractivity contribution in [1.29, 1.82) is 0 Å². The topological polar surface area (TPSA) is 127 Å². The van der Waals surface area contributed by atoms with Crippen molar-refractivity contribution in [3.8, 4) is 0 Å². The lowest BCUT2D eigenvalue weighted by molar-refractivity contribution is -0.188. The van der Waals surface area contributed by atoms with E-state index in [1.165, 1.54) is 27.3 Å². The van der Waals surface area contributed by atoms with Crippen molar-refractivity contribution >= 4 is 51.5 Å². The summed E-state index contributed by atoms with van der Waals surface area (Å²) in [6.45, 7) is 2.75. The highest BCUT2D eigenvalue weighted by molar-refractivity contribution is 14.1. The molecule has 1 N–H and O–H groups in total. The fraction of sp³-hybridized carbons (Fsp3) is 0.533. The van der Waals surface area contributed by atoms with Crippen LogP contribution in [0, 0.1) is 3.83 Å². The normalized spacial score (nSPS) is 22.0. The van der Waals surface area contributed by atoms with Crippen molar-refractivity contribution in [2.75, 3.05) is 25.8 Å². The van der Waals surface area contributed by atoms with E-state index in [2.05, 4.69) is 20.4 Å². The number of carbonyl (C=O) groups excluding carboxylic acids is 2. The summed E-state index contributed by atoms with van der Waals surface area (Å²) in [7, 11) is 1.46. The van der Waals surface area contributed by atoms with Gasteiger partial charge in [0.2, 0.25) is 5.72 Å². The van der Waals surface area contributed by atoms with E-state index in [0.717, 1.165) is 0 Å². The first-order valence-corrected chi connectivity index (χ1v) is 9.10. The maximum Gasteiger partial charge on any atom is 0.303 e. The zero-order valence-electron chi connectivity index (χ0n) is 14.9. The molecule has 146 valence electrons. The number of fused-ring (bicyclic) bond motifs is 1. The molecule has 2 atom stereocenters. The molecule has 1 aliphatic heterocycles. The first-order valence-electron chi connectivity index (χ1n) is 8.02. The maximum absolute atomic E-state index is 11.6. The second kappa shape index (κ2) is 7.90. The van der Waals surface area contributed by atoms with Gasteiger partial charge in [-0.15, -0.1) is 0 Å². The number of nitrogens with one attached hydrogen (secondary N) is 1. The number of imidazole rings is 1. The molecule has 1 saturated heterocycles. The highest BCUT2D eigenvalue weighted by atomic mass is 127. The maximum atomic E-state index is 11.6. The van der Waals surface area contributed by atoms with E-state index >= 15 is 0 Å². The van der Waals surface area contributed by atoms with E-state index in [-0.39, 0.29) is 6.61 Å². The number of anilines is 1. The van der Waals surface area contributed by atoms with Gasteiger partial charge in [-0.2, -0.15) is 0 Å². The van der Waals surface area contributed by atoms with Crippen LogP contribution < -0.4 is 5.48 Å². The van der Waals surface area contributed by atoms with Crippen LogP contribution in [0.15, 0.2) is 6.33 Å². The van der Waals surface area contributed by atoms with Crippen LogP contribution in [0.25, 0.3) is 11.2 Å². The van der Waals surface area contributed by atoms with Crippen LogP contribution in [0.5, 0.6) is 0 Å². The Morgan fingerprint density at radius 1 is 1.41 bits per heavy atom. The molecule has 0 spiro atoms. The molecule has 27 heavy (non-hydrogen) atoms. The van der Waals surface area contributed by atoms with Gasteiger partial charge in [0, 0.05) is 42.9 Å². The molecule has 11 nitrogen and oxygen atoms in total. The van der Waals surface area contributed by atoms with Crippen molar-refractivity contribution < 1.29 is 28.6 Å². The number of ether oxygens (including phenoxy) is 3. The molecule has 0 aromatic carbocycles. The van der Waals surface area contributed by atoms with Gasteiger partial charge in [0.25, 0.3) is 0 Å². The van der Waals surface area contributed by atoms with E-state index in [4.69, 9.17) is 19.0 Å². The predicted molar refractivity (Wildman–Crippen MR) is 99.4 cm³/mol. The van der Waals surface area contributed by atoms with Gasteiger partial charge in [-0.05, 0) is 0 Å². The highest BCUT2D eigenvalue weighted by Gasteiger charge is 2.51. The van der Waals surface area contributed by atoms with Crippen molar-refractivity contribution in [3.05, 3.63) is 10.2 Å². The van der Waals surface area contributed by atoms with Crippen LogP contribution in [0.3, 0.4) is 0 Å². The van der Waals surface area contributed by atoms with Gasteiger partial charge in [-0.1, -0.05) is 0 Å². The van der Waals surface area contributed by atoms with Crippen LogP contribution in [-0.2, 0) is 34.4 Å². The van der Waals surface area contributed by atoms with Crippen LogP contribution in [0.4, 0.5) is 5.82 Å². The van der Waals surface area contributed by atoms with Crippen molar-refractivity contribution in [2.45, 2.75) is 32.1 Å². The molecule has 2 aromatic heterocycles. The first kappa shape index (κ1) is 19.7. The summed E-state index contributed by atoms with van der Waals surface area (Å²) in [5, 5.41) is 0. The molecule has 3 heterocycles. The molecule has 3 rings (SSSR count). The fourth-order valence-electron chi connectivity index (χ4n) is 2.96. The second-order valence-electron chi connectivity index (χ2n) is 5.79. The third-order valence-electron chi connectivity index (χ3n) is 4.00. The Morgan fingerprint density at radius 3 is 2.85 bits per heavy atom. The van der Waals surface area contributed by atoms with E-state index in [1.807, 2.05) is 22.6 Å². The first-order chi connectivity index (χ1) is 12.9. The number of aromatic nitrogens is 4. The van der Waals surface area contributed by atoms with Crippen LogP contribution in [0.1, 0.15) is 20.3 Å². The quantitative estimate of drug-likeness (QED) is 0.270. The van der Waals surface area contributed by atoms with Crippen LogP contribution >= 0.6 is 22.6 Å². The number of hydrogen-bond donors (Lipinski definition) is 1. The van der Waals surface area contributed by atoms with Gasteiger partial charge in [-0.3, -0.25) is 19.0 Å². The predicted octanol–water partition coefficient (Wildman–Crippen LogP) is 0.972. The van der Waals surface area contributed by atoms with E-state index in [1.54, 1.807) is 4.57 Å². The zero-order chi connectivity index (χ0) is 19.6.